The molecule has 0 spiro atoms. The molecule has 0 aliphatic carbocycles. The molecule has 0 aliphatic rings. The van der Waals surface area contributed by atoms with Crippen molar-refractivity contribution in [3.8, 4) is 5.88 Å². The highest BCUT2D eigenvalue weighted by Gasteiger charge is 2.26. The van der Waals surface area contributed by atoms with E-state index in [2.05, 4.69) is 31.2 Å². The van der Waals surface area contributed by atoms with Crippen LogP contribution in [0.2, 0.25) is 0 Å². The second-order valence-electron chi connectivity index (χ2n) is 3.84. The fourth-order valence-corrected chi connectivity index (χ4v) is 1.72. The number of nitrogens with zero attached hydrogens (tertiary/aromatic N) is 2. The highest BCUT2D eigenvalue weighted by atomic mass is 79.9. The number of ether oxygens (including phenoxy) is 1. The lowest BCUT2D eigenvalue weighted by Crippen LogP contribution is -2.11. The zero-order valence-electron chi connectivity index (χ0n) is 10.4. The standard InChI is InChI=1S/C11H15BrF3N3O/c1-2-5-16-9-8(12)10(18-7-17-9)19-6-3-4-11(13,14)15/h7H,2-6H2,1H3,(H,16,17,18). The molecule has 1 aromatic heterocycles. The SMILES string of the molecule is CCCNc1ncnc(OCCCC(F)(F)F)c1Br. The van der Waals surface area contributed by atoms with E-state index in [4.69, 9.17) is 4.74 Å². The molecule has 19 heavy (non-hydrogen) atoms. The number of alkyl halides is 3. The Bertz CT molecular complexity index is 401. The summed E-state index contributed by atoms with van der Waals surface area (Å²) in [5.74, 6) is 0.818. The second-order valence-corrected chi connectivity index (χ2v) is 4.63. The van der Waals surface area contributed by atoms with Crippen molar-refractivity contribution in [2.45, 2.75) is 32.4 Å². The first-order valence-electron chi connectivity index (χ1n) is 5.88. The van der Waals surface area contributed by atoms with Crippen LogP contribution >= 0.6 is 15.9 Å². The Hall–Kier alpha value is -1.05. The van der Waals surface area contributed by atoms with Gasteiger partial charge in [0, 0.05) is 13.0 Å². The third-order valence-electron chi connectivity index (χ3n) is 2.14. The van der Waals surface area contributed by atoms with Crippen LogP contribution in [0.15, 0.2) is 10.8 Å². The first kappa shape index (κ1) is 16.0. The van der Waals surface area contributed by atoms with Gasteiger partial charge in [-0.3, -0.25) is 0 Å². The van der Waals surface area contributed by atoms with Crippen molar-refractivity contribution in [1.82, 2.24) is 9.97 Å². The van der Waals surface area contributed by atoms with Crippen LogP contribution < -0.4 is 10.1 Å². The van der Waals surface area contributed by atoms with E-state index in [1.165, 1.54) is 6.33 Å². The molecule has 1 rings (SSSR count). The van der Waals surface area contributed by atoms with Crippen LogP contribution in [0.4, 0.5) is 19.0 Å². The van der Waals surface area contributed by atoms with Gasteiger partial charge in [-0.2, -0.15) is 13.2 Å². The van der Waals surface area contributed by atoms with Gasteiger partial charge in [-0.1, -0.05) is 6.92 Å². The first-order valence-corrected chi connectivity index (χ1v) is 6.67. The average molecular weight is 342 g/mol. The lowest BCUT2D eigenvalue weighted by atomic mass is 10.3. The molecule has 0 radical (unpaired) electrons. The molecule has 0 bridgehead atoms. The molecule has 1 N–H and O–H groups in total. The molecule has 0 saturated carbocycles. The zero-order chi connectivity index (χ0) is 14.3. The molecule has 0 aromatic carbocycles. The fraction of sp³-hybridized carbons (Fsp3) is 0.636. The van der Waals surface area contributed by atoms with Crippen LogP contribution in [-0.2, 0) is 0 Å². The van der Waals surface area contributed by atoms with Crippen molar-refractivity contribution in [2.24, 2.45) is 0 Å². The summed E-state index contributed by atoms with van der Waals surface area (Å²) < 4.78 is 41.6. The van der Waals surface area contributed by atoms with Crippen LogP contribution in [-0.4, -0.2) is 29.3 Å². The third-order valence-corrected chi connectivity index (χ3v) is 2.86. The normalized spacial score (nSPS) is 11.4. The van der Waals surface area contributed by atoms with E-state index in [-0.39, 0.29) is 18.9 Å². The van der Waals surface area contributed by atoms with Gasteiger partial charge in [-0.25, -0.2) is 9.97 Å². The predicted octanol–water partition coefficient (Wildman–Crippen LogP) is 3.78. The molecule has 0 fully saturated rings. The molecule has 0 amide bonds. The number of anilines is 1. The molecule has 1 aromatic rings. The molecular weight excluding hydrogens is 327 g/mol. The monoisotopic (exact) mass is 341 g/mol. The van der Waals surface area contributed by atoms with Crippen LogP contribution in [0, 0.1) is 0 Å². The number of hydrogen-bond donors (Lipinski definition) is 1. The number of rotatable bonds is 7. The molecule has 108 valence electrons. The van der Waals surface area contributed by atoms with Gasteiger partial charge in [0.05, 0.1) is 6.61 Å². The van der Waals surface area contributed by atoms with Gasteiger partial charge >= 0.3 is 6.18 Å². The quantitative estimate of drug-likeness (QED) is 0.766. The minimum absolute atomic E-state index is 0.0393. The number of nitrogens with one attached hydrogen (secondary N) is 1. The van der Waals surface area contributed by atoms with Crippen LogP contribution in [0.5, 0.6) is 5.88 Å². The summed E-state index contributed by atoms with van der Waals surface area (Å²) in [5, 5.41) is 3.06. The summed E-state index contributed by atoms with van der Waals surface area (Å²) >= 11 is 3.27. The van der Waals surface area contributed by atoms with Gasteiger partial charge < -0.3 is 10.1 Å². The molecule has 1 heterocycles. The summed E-state index contributed by atoms with van der Waals surface area (Å²) in [6.07, 6.45) is -2.88. The predicted molar refractivity (Wildman–Crippen MR) is 69.3 cm³/mol. The Morgan fingerprint density at radius 3 is 2.74 bits per heavy atom. The summed E-state index contributed by atoms with van der Waals surface area (Å²) in [7, 11) is 0. The molecular formula is C11H15BrF3N3O. The summed E-state index contributed by atoms with van der Waals surface area (Å²) in [5.41, 5.74) is 0. The molecule has 0 saturated heterocycles. The number of halogens is 4. The van der Waals surface area contributed by atoms with Crippen molar-refractivity contribution in [2.75, 3.05) is 18.5 Å². The van der Waals surface area contributed by atoms with Gasteiger partial charge in [0.1, 0.15) is 16.6 Å². The largest absolute Gasteiger partial charge is 0.477 e. The van der Waals surface area contributed by atoms with Crippen LogP contribution in [0.25, 0.3) is 0 Å². The number of hydrogen-bond acceptors (Lipinski definition) is 4. The molecule has 0 aliphatic heterocycles. The van der Waals surface area contributed by atoms with Crippen molar-refractivity contribution in [3.05, 3.63) is 10.8 Å². The highest BCUT2D eigenvalue weighted by Crippen LogP contribution is 2.29. The molecule has 0 atom stereocenters. The Balaban J connectivity index is 2.49. The highest BCUT2D eigenvalue weighted by molar-refractivity contribution is 9.10. The van der Waals surface area contributed by atoms with Gasteiger partial charge in [-0.15, -0.1) is 0 Å². The smallest absolute Gasteiger partial charge is 0.389 e. The number of aromatic nitrogens is 2. The van der Waals surface area contributed by atoms with Crippen molar-refractivity contribution in [1.29, 1.82) is 0 Å². The average Bonchev–Trinajstić information content (AvgIpc) is 2.33. The second kappa shape index (κ2) is 7.52. The van der Waals surface area contributed by atoms with Crippen molar-refractivity contribution < 1.29 is 17.9 Å². The third kappa shape index (κ3) is 6.09. The van der Waals surface area contributed by atoms with Gasteiger partial charge in [0.25, 0.3) is 0 Å². The fourth-order valence-electron chi connectivity index (χ4n) is 1.26. The lowest BCUT2D eigenvalue weighted by Gasteiger charge is -2.11. The van der Waals surface area contributed by atoms with E-state index in [0.29, 0.717) is 10.3 Å². The first-order chi connectivity index (χ1) is 8.94. The van der Waals surface area contributed by atoms with Crippen molar-refractivity contribution in [3.63, 3.8) is 0 Å². The van der Waals surface area contributed by atoms with Crippen molar-refractivity contribution >= 4 is 21.7 Å². The van der Waals surface area contributed by atoms with E-state index in [1.54, 1.807) is 0 Å². The van der Waals surface area contributed by atoms with Crippen LogP contribution in [0.3, 0.4) is 0 Å². The Labute approximate surface area is 117 Å². The van der Waals surface area contributed by atoms with Gasteiger partial charge in [0.2, 0.25) is 5.88 Å². The van der Waals surface area contributed by atoms with E-state index in [0.717, 1.165) is 13.0 Å². The lowest BCUT2D eigenvalue weighted by molar-refractivity contribution is -0.136. The van der Waals surface area contributed by atoms with Gasteiger partial charge in [0.15, 0.2) is 0 Å². The summed E-state index contributed by atoms with van der Waals surface area (Å²) in [6, 6.07) is 0. The van der Waals surface area contributed by atoms with E-state index in [1.807, 2.05) is 6.92 Å². The summed E-state index contributed by atoms with van der Waals surface area (Å²) in [6.45, 7) is 2.71. The molecule has 4 nitrogen and oxygen atoms in total. The zero-order valence-corrected chi connectivity index (χ0v) is 12.0. The Morgan fingerprint density at radius 2 is 2.11 bits per heavy atom. The van der Waals surface area contributed by atoms with Crippen LogP contribution in [0.1, 0.15) is 26.2 Å². The minimum atomic E-state index is -4.15. The molecule has 8 heteroatoms. The Morgan fingerprint density at radius 1 is 1.37 bits per heavy atom. The summed E-state index contributed by atoms with van der Waals surface area (Å²) in [4.78, 5) is 7.89. The van der Waals surface area contributed by atoms with E-state index < -0.39 is 12.6 Å². The maximum atomic E-state index is 12.0. The van der Waals surface area contributed by atoms with E-state index >= 15 is 0 Å². The van der Waals surface area contributed by atoms with Gasteiger partial charge in [-0.05, 0) is 28.8 Å². The van der Waals surface area contributed by atoms with E-state index in [9.17, 15) is 13.2 Å². The maximum absolute atomic E-state index is 12.0. The Kier molecular flexibility index (Phi) is 6.33. The minimum Gasteiger partial charge on any atom is -0.477 e. The molecule has 0 unspecified atom stereocenters. The maximum Gasteiger partial charge on any atom is 0.389 e. The topological polar surface area (TPSA) is 47.0 Å².